The molecule has 0 aliphatic carbocycles. The van der Waals surface area contributed by atoms with Crippen LogP contribution in [0.3, 0.4) is 0 Å². The van der Waals surface area contributed by atoms with E-state index in [9.17, 15) is 0 Å². The van der Waals surface area contributed by atoms with E-state index in [1.54, 1.807) is 0 Å². The van der Waals surface area contributed by atoms with Gasteiger partial charge in [0.1, 0.15) is 0 Å². The first kappa shape index (κ1) is 15.1. The van der Waals surface area contributed by atoms with E-state index in [1.807, 2.05) is 12.1 Å². The molecule has 0 aromatic heterocycles. The summed E-state index contributed by atoms with van der Waals surface area (Å²) in [4.78, 5) is 0. The Labute approximate surface area is 128 Å². The van der Waals surface area contributed by atoms with Crippen LogP contribution in [0.25, 0.3) is 5.57 Å². The van der Waals surface area contributed by atoms with Crippen molar-refractivity contribution in [1.29, 1.82) is 0 Å². The molecule has 0 N–H and O–H groups in total. The molecular weight excluding hydrogens is 252 g/mol. The Hall–Kier alpha value is -2.26. The average molecular weight is 274 g/mol. The summed E-state index contributed by atoms with van der Waals surface area (Å²) in [6.45, 7) is 8.70. The monoisotopic (exact) mass is 274 g/mol. The highest BCUT2D eigenvalue weighted by Gasteiger charge is 2.11. The third kappa shape index (κ3) is 4.10. The van der Waals surface area contributed by atoms with Gasteiger partial charge in [0.05, 0.1) is 0 Å². The molecule has 0 heterocycles. The minimum absolute atomic E-state index is 0.117. The predicted octanol–water partition coefficient (Wildman–Crippen LogP) is 5.86. The Kier molecular flexibility index (Phi) is 4.66. The summed E-state index contributed by atoms with van der Waals surface area (Å²) in [5, 5.41) is 0. The Morgan fingerprint density at radius 3 is 1.52 bits per heavy atom. The van der Waals surface area contributed by atoms with Crippen molar-refractivity contribution in [2.75, 3.05) is 0 Å². The summed E-state index contributed by atoms with van der Waals surface area (Å²) in [5.74, 6) is 0. The first-order chi connectivity index (χ1) is 9.98. The maximum Gasteiger partial charge on any atom is 0.0393 e. The zero-order chi connectivity index (χ0) is 15.3. The van der Waals surface area contributed by atoms with E-state index in [-0.39, 0.29) is 5.41 Å². The van der Waals surface area contributed by atoms with Gasteiger partial charge in [-0.1, -0.05) is 92.9 Å². The lowest BCUT2D eigenvalue weighted by Crippen LogP contribution is -2.04. The van der Waals surface area contributed by atoms with E-state index in [1.165, 1.54) is 5.57 Å². The SMILES string of the molecule is CC(=C=C=C(c1ccccc1)c1ccccc1)C(C)(C)C. The number of hydrogen-bond acceptors (Lipinski definition) is 0. The second kappa shape index (κ2) is 6.46. The molecule has 0 atom stereocenters. The number of hydrogen-bond donors (Lipinski definition) is 0. The highest BCUT2D eigenvalue weighted by atomic mass is 14.1. The maximum absolute atomic E-state index is 3.39. The van der Waals surface area contributed by atoms with Gasteiger partial charge in [-0.05, 0) is 29.0 Å². The summed E-state index contributed by atoms with van der Waals surface area (Å²) in [5.41, 5.74) is 11.5. The molecular formula is C21H22. The Morgan fingerprint density at radius 1 is 0.714 bits per heavy atom. The molecule has 2 rings (SSSR count). The zero-order valence-electron chi connectivity index (χ0n) is 13.3. The lowest BCUT2D eigenvalue weighted by Gasteiger charge is -2.16. The highest BCUT2D eigenvalue weighted by molar-refractivity contribution is 5.79. The smallest absolute Gasteiger partial charge is 0.0393 e. The maximum atomic E-state index is 3.39. The fourth-order valence-corrected chi connectivity index (χ4v) is 1.86. The third-order valence-electron chi connectivity index (χ3n) is 3.62. The minimum atomic E-state index is 0.117. The van der Waals surface area contributed by atoms with Gasteiger partial charge < -0.3 is 0 Å². The molecule has 106 valence electrons. The van der Waals surface area contributed by atoms with Crippen LogP contribution in [0.15, 0.2) is 77.7 Å². The summed E-state index contributed by atoms with van der Waals surface area (Å²) in [6.07, 6.45) is 0. The molecule has 2 aromatic carbocycles. The van der Waals surface area contributed by atoms with Gasteiger partial charge in [-0.3, -0.25) is 0 Å². The van der Waals surface area contributed by atoms with Crippen molar-refractivity contribution in [3.63, 3.8) is 0 Å². The van der Waals surface area contributed by atoms with Gasteiger partial charge in [-0.25, -0.2) is 0 Å². The van der Waals surface area contributed by atoms with Crippen LogP contribution in [-0.4, -0.2) is 0 Å². The summed E-state index contributed by atoms with van der Waals surface area (Å²) >= 11 is 0. The van der Waals surface area contributed by atoms with Crippen molar-refractivity contribution in [3.05, 3.63) is 88.8 Å². The largest absolute Gasteiger partial charge is 0.0702 e. The average Bonchev–Trinajstić information content (AvgIpc) is 2.48. The molecule has 0 spiro atoms. The van der Waals surface area contributed by atoms with Crippen LogP contribution >= 0.6 is 0 Å². The molecule has 0 saturated carbocycles. The van der Waals surface area contributed by atoms with E-state index in [0.29, 0.717) is 0 Å². The van der Waals surface area contributed by atoms with Crippen LogP contribution in [0.1, 0.15) is 38.8 Å². The van der Waals surface area contributed by atoms with E-state index in [2.05, 4.69) is 87.7 Å². The van der Waals surface area contributed by atoms with Gasteiger partial charge in [-0.15, -0.1) is 0 Å². The van der Waals surface area contributed by atoms with Crippen LogP contribution < -0.4 is 0 Å². The van der Waals surface area contributed by atoms with Crippen molar-refractivity contribution < 1.29 is 0 Å². The van der Waals surface area contributed by atoms with Crippen molar-refractivity contribution in [3.8, 4) is 0 Å². The van der Waals surface area contributed by atoms with Crippen LogP contribution in [0.5, 0.6) is 0 Å². The predicted molar refractivity (Wildman–Crippen MR) is 91.1 cm³/mol. The molecule has 21 heavy (non-hydrogen) atoms. The molecule has 0 amide bonds. The third-order valence-corrected chi connectivity index (χ3v) is 3.62. The number of benzene rings is 2. The number of rotatable bonds is 2. The second-order valence-corrected chi connectivity index (χ2v) is 6.23. The lowest BCUT2D eigenvalue weighted by molar-refractivity contribution is 0.505. The molecule has 2 aromatic rings. The normalized spacial score (nSPS) is 10.5. The van der Waals surface area contributed by atoms with Crippen molar-refractivity contribution in [1.82, 2.24) is 0 Å². The molecule has 0 saturated heterocycles. The van der Waals surface area contributed by atoms with Gasteiger partial charge >= 0.3 is 0 Å². The van der Waals surface area contributed by atoms with Gasteiger partial charge in [0.25, 0.3) is 0 Å². The molecule has 0 aliphatic heterocycles. The quantitative estimate of drug-likeness (QED) is 0.601. The van der Waals surface area contributed by atoms with Crippen molar-refractivity contribution in [2.24, 2.45) is 5.41 Å². The van der Waals surface area contributed by atoms with Gasteiger partial charge in [0, 0.05) is 5.57 Å². The molecule has 0 fully saturated rings. The van der Waals surface area contributed by atoms with E-state index in [4.69, 9.17) is 0 Å². The van der Waals surface area contributed by atoms with Crippen LogP contribution in [0, 0.1) is 5.41 Å². The molecule has 0 heteroatoms. The standard InChI is InChI=1S/C21H22/c1-17(21(2,3)4)15-16-20(18-11-7-5-8-12-18)19-13-9-6-10-14-19/h5-14H,1-4H3. The molecule has 0 nitrogen and oxygen atoms in total. The van der Waals surface area contributed by atoms with Crippen molar-refractivity contribution >= 4 is 5.57 Å². The summed E-state index contributed by atoms with van der Waals surface area (Å²) in [6, 6.07) is 20.7. The number of allylic oxidation sites excluding steroid dienone is 1. The van der Waals surface area contributed by atoms with Gasteiger partial charge in [-0.2, -0.15) is 0 Å². The molecule has 0 radical (unpaired) electrons. The van der Waals surface area contributed by atoms with E-state index >= 15 is 0 Å². The van der Waals surface area contributed by atoms with Crippen LogP contribution in [-0.2, 0) is 0 Å². The lowest BCUT2D eigenvalue weighted by atomic mass is 9.88. The van der Waals surface area contributed by atoms with Gasteiger partial charge in [0.15, 0.2) is 0 Å². The Bertz CT molecular complexity index is 643. The van der Waals surface area contributed by atoms with Gasteiger partial charge in [0.2, 0.25) is 0 Å². The zero-order valence-corrected chi connectivity index (χ0v) is 13.3. The fourth-order valence-electron chi connectivity index (χ4n) is 1.86. The van der Waals surface area contributed by atoms with Crippen molar-refractivity contribution in [2.45, 2.75) is 27.7 Å². The molecule has 0 aliphatic rings. The summed E-state index contributed by atoms with van der Waals surface area (Å²) in [7, 11) is 0. The minimum Gasteiger partial charge on any atom is -0.0702 e. The Balaban J connectivity index is 2.67. The summed E-state index contributed by atoms with van der Waals surface area (Å²) < 4.78 is 0. The fraction of sp³-hybridized carbons (Fsp3) is 0.238. The van der Waals surface area contributed by atoms with E-state index in [0.717, 1.165) is 16.7 Å². The van der Waals surface area contributed by atoms with Crippen LogP contribution in [0.4, 0.5) is 0 Å². The molecule has 0 unspecified atom stereocenters. The first-order valence-electron chi connectivity index (χ1n) is 7.32. The van der Waals surface area contributed by atoms with Crippen LogP contribution in [0.2, 0.25) is 0 Å². The second-order valence-electron chi connectivity index (χ2n) is 6.23. The molecule has 0 bridgehead atoms. The first-order valence-corrected chi connectivity index (χ1v) is 7.32. The topological polar surface area (TPSA) is 0 Å². The Morgan fingerprint density at radius 2 is 1.14 bits per heavy atom. The van der Waals surface area contributed by atoms with E-state index < -0.39 is 0 Å². The highest BCUT2D eigenvalue weighted by Crippen LogP contribution is 2.25.